The first-order valence-corrected chi connectivity index (χ1v) is 6.34. The molecule has 1 aliphatic rings. The van der Waals surface area contributed by atoms with Crippen molar-refractivity contribution in [1.82, 2.24) is 4.90 Å². The molecule has 0 spiro atoms. The average molecular weight is 324 g/mol. The van der Waals surface area contributed by atoms with Gasteiger partial charge in [0.15, 0.2) is 0 Å². The summed E-state index contributed by atoms with van der Waals surface area (Å²) >= 11 is 3.37. The van der Waals surface area contributed by atoms with Crippen LogP contribution in [-0.2, 0) is 6.54 Å². The third kappa shape index (κ3) is 3.91. The van der Waals surface area contributed by atoms with Crippen molar-refractivity contribution >= 4 is 28.3 Å². The van der Waals surface area contributed by atoms with Gasteiger partial charge in [0.05, 0.1) is 0 Å². The lowest BCUT2D eigenvalue weighted by Gasteiger charge is -2.16. The van der Waals surface area contributed by atoms with Gasteiger partial charge in [0.2, 0.25) is 0 Å². The third-order valence-electron chi connectivity index (χ3n) is 3.11. The van der Waals surface area contributed by atoms with Gasteiger partial charge in [-0.3, -0.25) is 4.90 Å². The van der Waals surface area contributed by atoms with Gasteiger partial charge in [0.1, 0.15) is 5.82 Å². The van der Waals surface area contributed by atoms with E-state index in [0.29, 0.717) is 12.5 Å². The number of hydrogen-bond donors (Lipinski definition) is 1. The van der Waals surface area contributed by atoms with Gasteiger partial charge in [-0.1, -0.05) is 15.9 Å². The van der Waals surface area contributed by atoms with Crippen LogP contribution in [0.25, 0.3) is 0 Å². The lowest BCUT2D eigenvalue weighted by atomic mass is 10.1. The van der Waals surface area contributed by atoms with Gasteiger partial charge in [-0.2, -0.15) is 0 Å². The van der Waals surface area contributed by atoms with Crippen molar-refractivity contribution in [2.45, 2.75) is 13.0 Å². The summed E-state index contributed by atoms with van der Waals surface area (Å²) in [6.07, 6.45) is 1.13. The summed E-state index contributed by atoms with van der Waals surface area (Å²) in [5.41, 5.74) is 6.39. The molecule has 0 amide bonds. The van der Waals surface area contributed by atoms with Gasteiger partial charge in [-0.05, 0) is 43.6 Å². The van der Waals surface area contributed by atoms with E-state index < -0.39 is 0 Å². The van der Waals surface area contributed by atoms with Crippen molar-refractivity contribution in [3.8, 4) is 0 Å². The van der Waals surface area contributed by atoms with Crippen LogP contribution in [0, 0.1) is 11.7 Å². The predicted molar refractivity (Wildman–Crippen MR) is 73.8 cm³/mol. The highest BCUT2D eigenvalue weighted by molar-refractivity contribution is 9.10. The van der Waals surface area contributed by atoms with Crippen LogP contribution in [-0.4, -0.2) is 24.5 Å². The fourth-order valence-electron chi connectivity index (χ4n) is 2.15. The summed E-state index contributed by atoms with van der Waals surface area (Å²) in [4.78, 5) is 2.27. The number of likely N-dealkylation sites (tertiary alicyclic amines) is 1. The van der Waals surface area contributed by atoms with E-state index in [0.717, 1.165) is 36.1 Å². The molecule has 96 valence electrons. The zero-order chi connectivity index (χ0) is 11.5. The van der Waals surface area contributed by atoms with Crippen LogP contribution >= 0.6 is 28.3 Å². The number of nitrogens with zero attached hydrogens (tertiary/aromatic N) is 1. The summed E-state index contributed by atoms with van der Waals surface area (Å²) < 4.78 is 14.5. The third-order valence-corrected chi connectivity index (χ3v) is 3.60. The minimum Gasteiger partial charge on any atom is -0.330 e. The van der Waals surface area contributed by atoms with E-state index in [1.54, 1.807) is 6.07 Å². The van der Waals surface area contributed by atoms with Crippen molar-refractivity contribution in [2.24, 2.45) is 11.7 Å². The summed E-state index contributed by atoms with van der Waals surface area (Å²) in [6, 6.07) is 5.09. The molecule has 2 nitrogen and oxygen atoms in total. The van der Waals surface area contributed by atoms with Crippen LogP contribution < -0.4 is 5.73 Å². The van der Waals surface area contributed by atoms with Crippen LogP contribution in [0.1, 0.15) is 12.0 Å². The maximum Gasteiger partial charge on any atom is 0.127 e. The Bertz CT molecular complexity index is 376. The maximum absolute atomic E-state index is 13.5. The molecule has 1 fully saturated rings. The first-order chi connectivity index (χ1) is 7.69. The maximum atomic E-state index is 13.5. The Morgan fingerprint density at radius 1 is 1.47 bits per heavy atom. The van der Waals surface area contributed by atoms with E-state index >= 15 is 0 Å². The molecule has 1 aromatic carbocycles. The monoisotopic (exact) mass is 322 g/mol. The SMILES string of the molecule is Cl.NCC1CCN(Cc2cc(Br)ccc2F)C1. The fraction of sp³-hybridized carbons (Fsp3) is 0.500. The zero-order valence-corrected chi connectivity index (χ0v) is 11.9. The number of halogens is 3. The highest BCUT2D eigenvalue weighted by Gasteiger charge is 2.21. The Labute approximate surface area is 116 Å². The molecule has 2 N–H and O–H groups in total. The van der Waals surface area contributed by atoms with Crippen molar-refractivity contribution in [3.05, 3.63) is 34.1 Å². The molecule has 17 heavy (non-hydrogen) atoms. The van der Waals surface area contributed by atoms with Gasteiger partial charge < -0.3 is 5.73 Å². The Morgan fingerprint density at radius 3 is 2.88 bits per heavy atom. The minimum atomic E-state index is -0.126. The minimum absolute atomic E-state index is 0. The van der Waals surface area contributed by atoms with E-state index in [2.05, 4.69) is 20.8 Å². The van der Waals surface area contributed by atoms with Gasteiger partial charge in [0, 0.05) is 23.1 Å². The number of rotatable bonds is 3. The van der Waals surface area contributed by atoms with Crippen LogP contribution in [0.15, 0.2) is 22.7 Å². The molecule has 0 bridgehead atoms. The van der Waals surface area contributed by atoms with Crippen molar-refractivity contribution < 1.29 is 4.39 Å². The van der Waals surface area contributed by atoms with Crippen molar-refractivity contribution in [2.75, 3.05) is 19.6 Å². The van der Waals surface area contributed by atoms with Gasteiger partial charge in [-0.15, -0.1) is 12.4 Å². The lowest BCUT2D eigenvalue weighted by molar-refractivity contribution is 0.312. The van der Waals surface area contributed by atoms with Crippen LogP contribution in [0.2, 0.25) is 0 Å². The number of hydrogen-bond acceptors (Lipinski definition) is 2. The molecule has 1 aromatic rings. The highest BCUT2D eigenvalue weighted by Crippen LogP contribution is 2.21. The Hall–Kier alpha value is -0.160. The van der Waals surface area contributed by atoms with Crippen LogP contribution in [0.3, 0.4) is 0 Å². The lowest BCUT2D eigenvalue weighted by Crippen LogP contribution is -2.23. The molecule has 1 atom stereocenters. The van der Waals surface area contributed by atoms with Crippen LogP contribution in [0.5, 0.6) is 0 Å². The Morgan fingerprint density at radius 2 is 2.24 bits per heavy atom. The van der Waals surface area contributed by atoms with E-state index in [1.807, 2.05) is 6.07 Å². The highest BCUT2D eigenvalue weighted by atomic mass is 79.9. The molecule has 1 saturated heterocycles. The quantitative estimate of drug-likeness (QED) is 0.927. The molecule has 0 aliphatic carbocycles. The van der Waals surface area contributed by atoms with Crippen molar-refractivity contribution in [3.63, 3.8) is 0 Å². The standard InChI is InChI=1S/C12H16BrFN2.ClH/c13-11-1-2-12(14)10(5-11)8-16-4-3-9(6-15)7-16;/h1-2,5,9H,3-4,6-8,15H2;1H. The zero-order valence-electron chi connectivity index (χ0n) is 9.53. The molecule has 1 heterocycles. The number of nitrogens with two attached hydrogens (primary N) is 1. The first-order valence-electron chi connectivity index (χ1n) is 5.55. The van der Waals surface area contributed by atoms with E-state index in [-0.39, 0.29) is 18.2 Å². The Kier molecular flexibility index (Phi) is 5.86. The first kappa shape index (κ1) is 14.9. The molecular formula is C12H17BrClFN2. The summed E-state index contributed by atoms with van der Waals surface area (Å²) in [5, 5.41) is 0. The molecule has 2 rings (SSSR count). The normalized spacial score (nSPS) is 20.3. The second-order valence-electron chi connectivity index (χ2n) is 4.36. The molecule has 1 unspecified atom stereocenters. The predicted octanol–water partition coefficient (Wildman–Crippen LogP) is 2.79. The topological polar surface area (TPSA) is 29.3 Å². The van der Waals surface area contributed by atoms with Gasteiger partial charge >= 0.3 is 0 Å². The molecule has 0 radical (unpaired) electrons. The number of benzene rings is 1. The smallest absolute Gasteiger partial charge is 0.127 e. The summed E-state index contributed by atoms with van der Waals surface area (Å²) in [5.74, 6) is 0.453. The van der Waals surface area contributed by atoms with E-state index in [1.165, 1.54) is 6.07 Å². The molecule has 1 aliphatic heterocycles. The van der Waals surface area contributed by atoms with Crippen molar-refractivity contribution in [1.29, 1.82) is 0 Å². The molecule has 5 heteroatoms. The second-order valence-corrected chi connectivity index (χ2v) is 5.28. The summed E-state index contributed by atoms with van der Waals surface area (Å²) in [6.45, 7) is 3.43. The largest absolute Gasteiger partial charge is 0.330 e. The van der Waals surface area contributed by atoms with Gasteiger partial charge in [-0.25, -0.2) is 4.39 Å². The summed E-state index contributed by atoms with van der Waals surface area (Å²) in [7, 11) is 0. The van der Waals surface area contributed by atoms with E-state index in [9.17, 15) is 4.39 Å². The van der Waals surface area contributed by atoms with E-state index in [4.69, 9.17) is 5.73 Å². The van der Waals surface area contributed by atoms with Crippen LogP contribution in [0.4, 0.5) is 4.39 Å². The molecular weight excluding hydrogens is 307 g/mol. The average Bonchev–Trinajstić information content (AvgIpc) is 2.71. The van der Waals surface area contributed by atoms with Gasteiger partial charge in [0.25, 0.3) is 0 Å². The fourth-order valence-corrected chi connectivity index (χ4v) is 2.56. The second kappa shape index (κ2) is 6.69. The molecule has 0 saturated carbocycles. The molecule has 0 aromatic heterocycles. The Balaban J connectivity index is 0.00000144.